The standard InChI is InChI=1S/C22H24ClNO3.2C2H6/c1-15(2)20(16-7-9-17(23)10-8-16)21(25)24-13-11-22(12-14-24)26-18-5-3-4-6-19(18)27-22;2*1-2/h3-10,15,20H,11-14H2,1-2H3;2*1-2H3. The Balaban J connectivity index is 0.000000807. The monoisotopic (exact) mass is 445 g/mol. The smallest absolute Gasteiger partial charge is 0.255 e. The number of benzene rings is 2. The fourth-order valence-corrected chi connectivity index (χ4v) is 4.12. The van der Waals surface area contributed by atoms with Crippen molar-refractivity contribution in [2.45, 2.75) is 66.1 Å². The molecule has 0 bridgehead atoms. The maximum absolute atomic E-state index is 13.3. The van der Waals surface area contributed by atoms with Crippen LogP contribution in [0.1, 0.15) is 65.9 Å². The first-order valence-electron chi connectivity index (χ1n) is 11.5. The molecular weight excluding hydrogens is 410 g/mol. The predicted molar refractivity (Wildman–Crippen MR) is 128 cm³/mol. The van der Waals surface area contributed by atoms with Gasteiger partial charge in [0.2, 0.25) is 5.91 Å². The molecule has 2 heterocycles. The lowest BCUT2D eigenvalue weighted by molar-refractivity contribution is -0.148. The molecule has 1 amide bonds. The fourth-order valence-electron chi connectivity index (χ4n) is 3.99. The van der Waals surface area contributed by atoms with Crippen molar-refractivity contribution in [3.05, 3.63) is 59.1 Å². The van der Waals surface area contributed by atoms with E-state index in [-0.39, 0.29) is 17.7 Å². The van der Waals surface area contributed by atoms with E-state index in [1.165, 1.54) is 0 Å². The number of carbonyl (C=O) groups is 1. The number of nitrogens with zero attached hydrogens (tertiary/aromatic N) is 1. The minimum atomic E-state index is -0.631. The van der Waals surface area contributed by atoms with Gasteiger partial charge < -0.3 is 14.4 Å². The van der Waals surface area contributed by atoms with Gasteiger partial charge >= 0.3 is 0 Å². The summed E-state index contributed by atoms with van der Waals surface area (Å²) in [4.78, 5) is 15.2. The van der Waals surface area contributed by atoms with Crippen molar-refractivity contribution < 1.29 is 14.3 Å². The van der Waals surface area contributed by atoms with Gasteiger partial charge in [-0.15, -0.1) is 0 Å². The zero-order valence-corrected chi connectivity index (χ0v) is 20.4. The summed E-state index contributed by atoms with van der Waals surface area (Å²) in [6, 6.07) is 15.4. The number of hydrogen-bond acceptors (Lipinski definition) is 3. The number of para-hydroxylation sites is 2. The number of piperidine rings is 1. The second-order valence-electron chi connectivity index (χ2n) is 7.66. The molecule has 0 aromatic heterocycles. The summed E-state index contributed by atoms with van der Waals surface area (Å²) in [5.74, 6) is 1.15. The SMILES string of the molecule is CC.CC.CC(C)C(C(=O)N1CCC2(CC1)Oc1ccccc1O2)c1ccc(Cl)cc1. The van der Waals surface area contributed by atoms with Crippen LogP contribution in [-0.2, 0) is 4.79 Å². The molecule has 2 aromatic carbocycles. The second kappa shape index (κ2) is 11.4. The lowest BCUT2D eigenvalue weighted by Gasteiger charge is -2.39. The third-order valence-electron chi connectivity index (χ3n) is 5.44. The minimum Gasteiger partial charge on any atom is -0.448 e. The number of ether oxygens (including phenoxy) is 2. The van der Waals surface area contributed by atoms with Crippen molar-refractivity contribution in [1.29, 1.82) is 0 Å². The molecule has 1 saturated heterocycles. The summed E-state index contributed by atoms with van der Waals surface area (Å²) >= 11 is 6.01. The third-order valence-corrected chi connectivity index (χ3v) is 5.69. The Kier molecular flexibility index (Phi) is 9.24. The molecule has 1 fully saturated rings. The average Bonchev–Trinajstić information content (AvgIpc) is 3.15. The van der Waals surface area contributed by atoms with Crippen molar-refractivity contribution in [2.24, 2.45) is 5.92 Å². The Morgan fingerprint density at radius 3 is 1.84 bits per heavy atom. The molecule has 4 rings (SSSR count). The minimum absolute atomic E-state index is 0.165. The van der Waals surface area contributed by atoms with Gasteiger partial charge in [0, 0.05) is 31.0 Å². The summed E-state index contributed by atoms with van der Waals surface area (Å²) < 4.78 is 12.2. The molecule has 1 unspecified atom stereocenters. The molecule has 4 nitrogen and oxygen atoms in total. The molecule has 0 N–H and O–H groups in total. The van der Waals surface area contributed by atoms with E-state index >= 15 is 0 Å². The number of hydrogen-bond donors (Lipinski definition) is 0. The Labute approximate surface area is 192 Å². The quantitative estimate of drug-likeness (QED) is 0.514. The van der Waals surface area contributed by atoms with Gasteiger partial charge in [0.15, 0.2) is 11.5 Å². The molecule has 1 spiro atoms. The zero-order chi connectivity index (χ0) is 23.0. The molecule has 2 aromatic rings. The first-order chi connectivity index (χ1) is 15.0. The highest BCUT2D eigenvalue weighted by atomic mass is 35.5. The van der Waals surface area contributed by atoms with E-state index in [0.29, 0.717) is 31.0 Å². The van der Waals surface area contributed by atoms with Crippen LogP contribution in [0.3, 0.4) is 0 Å². The first-order valence-corrected chi connectivity index (χ1v) is 11.9. The van der Waals surface area contributed by atoms with Crippen molar-refractivity contribution >= 4 is 17.5 Å². The highest BCUT2D eigenvalue weighted by molar-refractivity contribution is 6.30. The summed E-state index contributed by atoms with van der Waals surface area (Å²) in [6.07, 6.45) is 1.33. The highest BCUT2D eigenvalue weighted by Gasteiger charge is 2.45. The molecule has 1 atom stereocenters. The van der Waals surface area contributed by atoms with Crippen molar-refractivity contribution in [2.75, 3.05) is 13.1 Å². The van der Waals surface area contributed by atoms with E-state index in [2.05, 4.69) is 13.8 Å². The largest absolute Gasteiger partial charge is 0.448 e. The van der Waals surface area contributed by atoms with Gasteiger partial charge in [-0.05, 0) is 35.7 Å². The number of fused-ring (bicyclic) bond motifs is 1. The Bertz CT molecular complexity index is 800. The highest BCUT2D eigenvalue weighted by Crippen LogP contribution is 2.43. The Hall–Kier alpha value is -2.20. The molecular formula is C26H36ClNO3. The lowest BCUT2D eigenvalue weighted by Crippen LogP contribution is -2.52. The van der Waals surface area contributed by atoms with Crippen molar-refractivity contribution in [3.63, 3.8) is 0 Å². The molecule has 2 aliphatic rings. The number of likely N-dealkylation sites (tertiary alicyclic amines) is 1. The van der Waals surface area contributed by atoms with E-state index in [0.717, 1.165) is 17.1 Å². The molecule has 0 aliphatic carbocycles. The van der Waals surface area contributed by atoms with Crippen LogP contribution in [0.5, 0.6) is 11.5 Å². The summed E-state index contributed by atoms with van der Waals surface area (Å²) in [5, 5.41) is 0.684. The van der Waals surface area contributed by atoms with Crippen LogP contribution in [0.4, 0.5) is 0 Å². The van der Waals surface area contributed by atoms with Gasteiger partial charge in [-0.2, -0.15) is 0 Å². The van der Waals surface area contributed by atoms with Crippen LogP contribution in [-0.4, -0.2) is 29.7 Å². The fraction of sp³-hybridized carbons (Fsp3) is 0.500. The van der Waals surface area contributed by atoms with E-state index < -0.39 is 5.79 Å². The summed E-state index contributed by atoms with van der Waals surface area (Å²) in [6.45, 7) is 13.4. The molecule has 0 saturated carbocycles. The second-order valence-corrected chi connectivity index (χ2v) is 8.10. The van der Waals surface area contributed by atoms with Crippen molar-refractivity contribution in [3.8, 4) is 11.5 Å². The van der Waals surface area contributed by atoms with Crippen LogP contribution in [0.2, 0.25) is 5.02 Å². The van der Waals surface area contributed by atoms with Crippen LogP contribution < -0.4 is 9.47 Å². The Morgan fingerprint density at radius 1 is 0.903 bits per heavy atom. The summed E-state index contributed by atoms with van der Waals surface area (Å²) in [7, 11) is 0. The lowest BCUT2D eigenvalue weighted by atomic mass is 9.86. The van der Waals surface area contributed by atoms with Gasteiger partial charge in [-0.1, -0.05) is 77.4 Å². The number of rotatable bonds is 3. The van der Waals surface area contributed by atoms with E-state index in [1.807, 2.05) is 81.1 Å². The molecule has 0 radical (unpaired) electrons. The van der Waals surface area contributed by atoms with Crippen LogP contribution in [0, 0.1) is 5.92 Å². The van der Waals surface area contributed by atoms with Gasteiger partial charge in [0.25, 0.3) is 5.79 Å². The molecule has 170 valence electrons. The van der Waals surface area contributed by atoms with Crippen LogP contribution in [0.15, 0.2) is 48.5 Å². The van der Waals surface area contributed by atoms with Gasteiger partial charge in [-0.25, -0.2) is 0 Å². The van der Waals surface area contributed by atoms with Gasteiger partial charge in [-0.3, -0.25) is 4.79 Å². The maximum Gasteiger partial charge on any atom is 0.255 e. The number of amides is 1. The first kappa shape index (κ1) is 25.1. The maximum atomic E-state index is 13.3. The number of carbonyl (C=O) groups excluding carboxylic acids is 1. The van der Waals surface area contributed by atoms with Gasteiger partial charge in [0.05, 0.1) is 5.92 Å². The van der Waals surface area contributed by atoms with E-state index in [4.69, 9.17) is 21.1 Å². The van der Waals surface area contributed by atoms with E-state index in [1.54, 1.807) is 0 Å². The van der Waals surface area contributed by atoms with Gasteiger partial charge in [0.1, 0.15) is 0 Å². The normalized spacial score (nSPS) is 16.7. The Morgan fingerprint density at radius 2 is 1.39 bits per heavy atom. The van der Waals surface area contributed by atoms with Crippen LogP contribution in [0.25, 0.3) is 0 Å². The van der Waals surface area contributed by atoms with Crippen molar-refractivity contribution in [1.82, 2.24) is 4.90 Å². The molecule has 31 heavy (non-hydrogen) atoms. The topological polar surface area (TPSA) is 38.8 Å². The van der Waals surface area contributed by atoms with E-state index in [9.17, 15) is 4.79 Å². The average molecular weight is 446 g/mol. The molecule has 2 aliphatic heterocycles. The summed E-state index contributed by atoms with van der Waals surface area (Å²) in [5.41, 5.74) is 1.01. The number of halogens is 1. The third kappa shape index (κ3) is 5.74. The predicted octanol–water partition coefficient (Wildman–Crippen LogP) is 6.92. The van der Waals surface area contributed by atoms with Crippen LogP contribution >= 0.6 is 11.6 Å². The zero-order valence-electron chi connectivity index (χ0n) is 19.7. The molecule has 5 heteroatoms.